The van der Waals surface area contributed by atoms with Gasteiger partial charge in [0.2, 0.25) is 0 Å². The molecule has 5 heteroatoms. The van der Waals surface area contributed by atoms with Crippen molar-refractivity contribution in [1.82, 2.24) is 9.99 Å². The van der Waals surface area contributed by atoms with E-state index in [4.69, 9.17) is 5.84 Å². The van der Waals surface area contributed by atoms with E-state index < -0.39 is 0 Å². The molecule has 3 N–H and O–H groups in total. The summed E-state index contributed by atoms with van der Waals surface area (Å²) in [5.74, 6) is 4.78. The molecule has 0 atom stereocenters. The van der Waals surface area contributed by atoms with Crippen LogP contribution in [0.4, 0.5) is 0 Å². The second kappa shape index (κ2) is 5.49. The topological polar surface area (TPSA) is 77.1 Å². The fraction of sp³-hybridized carbons (Fsp3) is 0.143. The molecule has 0 saturated heterocycles. The molecule has 0 fully saturated rings. The zero-order valence-corrected chi connectivity index (χ0v) is 10.6. The molecule has 0 radical (unpaired) electrons. The van der Waals surface area contributed by atoms with Crippen molar-refractivity contribution < 1.29 is 9.59 Å². The number of aryl methyl sites for hydroxylation is 1. The predicted octanol–water partition coefficient (Wildman–Crippen LogP) is 1.26. The van der Waals surface area contributed by atoms with Crippen molar-refractivity contribution in [3.63, 3.8) is 0 Å². The van der Waals surface area contributed by atoms with Crippen LogP contribution in [0.2, 0.25) is 0 Å². The first-order valence-corrected chi connectivity index (χ1v) is 5.87. The van der Waals surface area contributed by atoms with Gasteiger partial charge in [0.25, 0.3) is 5.91 Å². The third-order valence-corrected chi connectivity index (χ3v) is 3.01. The first-order chi connectivity index (χ1) is 9.15. The molecule has 0 aliphatic rings. The molecule has 0 saturated carbocycles. The number of aldehydes is 1. The van der Waals surface area contributed by atoms with Crippen molar-refractivity contribution in [1.29, 1.82) is 0 Å². The van der Waals surface area contributed by atoms with Gasteiger partial charge in [0.1, 0.15) is 0 Å². The summed E-state index contributed by atoms with van der Waals surface area (Å²) >= 11 is 0. The monoisotopic (exact) mass is 257 g/mol. The Kier molecular flexibility index (Phi) is 3.77. The summed E-state index contributed by atoms with van der Waals surface area (Å²) in [6.45, 7) is 2.47. The third kappa shape index (κ3) is 2.71. The maximum Gasteiger partial charge on any atom is 0.265 e. The molecule has 1 amide bonds. The van der Waals surface area contributed by atoms with Crippen molar-refractivity contribution in [3.05, 3.63) is 58.9 Å². The summed E-state index contributed by atoms with van der Waals surface area (Å²) in [6, 6.07) is 10.8. The first kappa shape index (κ1) is 13.0. The van der Waals surface area contributed by atoms with Crippen LogP contribution >= 0.6 is 0 Å². The standard InChI is InChI=1S/C14H15N3O2/c1-10-5-6-13(9-18)17(10)8-11-3-2-4-12(7-11)14(19)16-15/h2-7,9H,8,15H2,1H3,(H,16,19). The first-order valence-electron chi connectivity index (χ1n) is 5.87. The smallest absolute Gasteiger partial charge is 0.265 e. The number of hydrogen-bond acceptors (Lipinski definition) is 3. The lowest BCUT2D eigenvalue weighted by Gasteiger charge is -2.09. The van der Waals surface area contributed by atoms with Gasteiger partial charge in [-0.2, -0.15) is 0 Å². The number of amides is 1. The fourth-order valence-corrected chi connectivity index (χ4v) is 1.99. The number of benzene rings is 1. The van der Waals surface area contributed by atoms with E-state index in [-0.39, 0.29) is 5.91 Å². The lowest BCUT2D eigenvalue weighted by atomic mass is 10.1. The maximum absolute atomic E-state index is 11.5. The number of nitrogens with one attached hydrogen (secondary N) is 1. The van der Waals surface area contributed by atoms with Crippen molar-refractivity contribution in [2.24, 2.45) is 5.84 Å². The van der Waals surface area contributed by atoms with Crippen LogP contribution in [-0.4, -0.2) is 16.8 Å². The van der Waals surface area contributed by atoms with Crippen molar-refractivity contribution >= 4 is 12.2 Å². The number of carbonyl (C=O) groups is 2. The maximum atomic E-state index is 11.5. The van der Waals surface area contributed by atoms with E-state index in [9.17, 15) is 9.59 Å². The second-order valence-corrected chi connectivity index (χ2v) is 4.28. The highest BCUT2D eigenvalue weighted by atomic mass is 16.2. The van der Waals surface area contributed by atoms with Gasteiger partial charge in [-0.3, -0.25) is 15.0 Å². The average molecular weight is 257 g/mol. The van der Waals surface area contributed by atoms with Crippen molar-refractivity contribution in [2.45, 2.75) is 13.5 Å². The molecule has 98 valence electrons. The predicted molar refractivity (Wildman–Crippen MR) is 71.8 cm³/mol. The molecule has 0 unspecified atom stereocenters. The van der Waals surface area contributed by atoms with Crippen LogP contribution < -0.4 is 11.3 Å². The van der Waals surface area contributed by atoms with Crippen LogP contribution in [0.1, 0.15) is 32.1 Å². The second-order valence-electron chi connectivity index (χ2n) is 4.28. The van der Waals surface area contributed by atoms with Gasteiger partial charge >= 0.3 is 0 Å². The molecule has 19 heavy (non-hydrogen) atoms. The van der Waals surface area contributed by atoms with Gasteiger partial charge in [-0.05, 0) is 36.8 Å². The molecule has 0 aliphatic carbocycles. The molecule has 0 spiro atoms. The van der Waals surface area contributed by atoms with E-state index in [0.717, 1.165) is 17.5 Å². The van der Waals surface area contributed by atoms with Gasteiger partial charge < -0.3 is 4.57 Å². The minimum Gasteiger partial charge on any atom is -0.338 e. The van der Waals surface area contributed by atoms with Gasteiger partial charge in [-0.1, -0.05) is 12.1 Å². The largest absolute Gasteiger partial charge is 0.338 e. The van der Waals surface area contributed by atoms with Crippen LogP contribution in [0.15, 0.2) is 36.4 Å². The van der Waals surface area contributed by atoms with Gasteiger partial charge in [0.15, 0.2) is 6.29 Å². The number of aromatic nitrogens is 1. The number of hydrazine groups is 1. The summed E-state index contributed by atoms with van der Waals surface area (Å²) in [5.41, 5.74) is 5.14. The Morgan fingerprint density at radius 1 is 1.37 bits per heavy atom. The number of nitrogen functional groups attached to an aromatic ring is 1. The normalized spacial score (nSPS) is 10.2. The van der Waals surface area contributed by atoms with E-state index in [1.807, 2.05) is 23.6 Å². The minimum atomic E-state index is -0.332. The zero-order chi connectivity index (χ0) is 13.8. The lowest BCUT2D eigenvalue weighted by Crippen LogP contribution is -2.30. The van der Waals surface area contributed by atoms with Crippen LogP contribution in [-0.2, 0) is 6.54 Å². The van der Waals surface area contributed by atoms with E-state index in [2.05, 4.69) is 5.43 Å². The molecule has 1 aromatic heterocycles. The zero-order valence-electron chi connectivity index (χ0n) is 10.6. The molecule has 1 heterocycles. The number of carbonyl (C=O) groups excluding carboxylic acids is 2. The van der Waals surface area contributed by atoms with Gasteiger partial charge in [-0.25, -0.2) is 5.84 Å². The van der Waals surface area contributed by atoms with E-state index >= 15 is 0 Å². The fourth-order valence-electron chi connectivity index (χ4n) is 1.99. The molecule has 1 aromatic carbocycles. The Morgan fingerprint density at radius 2 is 2.16 bits per heavy atom. The Labute approximate surface area is 111 Å². The van der Waals surface area contributed by atoms with Crippen molar-refractivity contribution in [2.75, 3.05) is 0 Å². The summed E-state index contributed by atoms with van der Waals surface area (Å²) < 4.78 is 1.90. The minimum absolute atomic E-state index is 0.332. The summed E-state index contributed by atoms with van der Waals surface area (Å²) in [5, 5.41) is 0. The number of nitrogens with two attached hydrogens (primary N) is 1. The highest BCUT2D eigenvalue weighted by Gasteiger charge is 2.07. The Morgan fingerprint density at radius 3 is 2.84 bits per heavy atom. The van der Waals surface area contributed by atoms with E-state index in [1.54, 1.807) is 24.3 Å². The number of nitrogens with zero attached hydrogens (tertiary/aromatic N) is 1. The van der Waals surface area contributed by atoms with Gasteiger partial charge in [-0.15, -0.1) is 0 Å². The third-order valence-electron chi connectivity index (χ3n) is 3.01. The highest BCUT2D eigenvalue weighted by molar-refractivity contribution is 5.93. The van der Waals surface area contributed by atoms with Gasteiger partial charge in [0.05, 0.1) is 5.69 Å². The molecule has 0 bridgehead atoms. The summed E-state index contributed by atoms with van der Waals surface area (Å²) in [7, 11) is 0. The summed E-state index contributed by atoms with van der Waals surface area (Å²) in [4.78, 5) is 22.4. The number of rotatable bonds is 4. The lowest BCUT2D eigenvalue weighted by molar-refractivity contribution is 0.0953. The van der Waals surface area contributed by atoms with E-state index in [0.29, 0.717) is 17.8 Å². The average Bonchev–Trinajstić information content (AvgIpc) is 2.79. The Bertz CT molecular complexity index is 617. The quantitative estimate of drug-likeness (QED) is 0.374. The Balaban J connectivity index is 2.31. The highest BCUT2D eigenvalue weighted by Crippen LogP contribution is 2.12. The molecule has 5 nitrogen and oxygen atoms in total. The molecular weight excluding hydrogens is 242 g/mol. The van der Waals surface area contributed by atoms with Crippen LogP contribution in [0.3, 0.4) is 0 Å². The molecule has 2 rings (SSSR count). The van der Waals surface area contributed by atoms with Gasteiger partial charge in [0, 0.05) is 17.8 Å². The van der Waals surface area contributed by atoms with Crippen molar-refractivity contribution in [3.8, 4) is 0 Å². The van der Waals surface area contributed by atoms with Crippen LogP contribution in [0.5, 0.6) is 0 Å². The van der Waals surface area contributed by atoms with Crippen LogP contribution in [0, 0.1) is 6.92 Å². The molecule has 2 aromatic rings. The Hall–Kier alpha value is -2.40. The molecule has 0 aliphatic heterocycles. The van der Waals surface area contributed by atoms with Crippen LogP contribution in [0.25, 0.3) is 0 Å². The SMILES string of the molecule is Cc1ccc(C=O)n1Cc1cccc(C(=O)NN)c1. The summed E-state index contributed by atoms with van der Waals surface area (Å²) in [6.07, 6.45) is 0.823. The number of hydrogen-bond donors (Lipinski definition) is 2. The van der Waals surface area contributed by atoms with E-state index in [1.165, 1.54) is 0 Å². The molecular formula is C14H15N3O2.